The zero-order chi connectivity index (χ0) is 25.1. The van der Waals surface area contributed by atoms with Crippen LogP contribution in [0.1, 0.15) is 5.56 Å². The molecule has 34 heavy (non-hydrogen) atoms. The van der Waals surface area contributed by atoms with Gasteiger partial charge in [0, 0.05) is 31.7 Å². The van der Waals surface area contributed by atoms with Gasteiger partial charge in [0.05, 0.1) is 21.2 Å². The van der Waals surface area contributed by atoms with Gasteiger partial charge in [-0.15, -0.1) is 0 Å². The molecule has 1 aliphatic heterocycles. The molecule has 0 amide bonds. The Bertz CT molecular complexity index is 1220. The van der Waals surface area contributed by atoms with E-state index in [4.69, 9.17) is 16.9 Å². The number of nitrogens with one attached hydrogen (secondary N) is 1. The number of alkyl halides is 3. The van der Waals surface area contributed by atoms with Gasteiger partial charge in [0.1, 0.15) is 0 Å². The number of amidine groups is 1. The van der Waals surface area contributed by atoms with Crippen molar-refractivity contribution in [2.75, 3.05) is 39.5 Å². The van der Waals surface area contributed by atoms with Crippen LogP contribution in [-0.4, -0.2) is 62.3 Å². The minimum Gasteiger partial charge on any atom is -0.304 e. The largest absolute Gasteiger partial charge is 0.417 e. The maximum atomic E-state index is 13.9. The maximum Gasteiger partial charge on any atom is 0.417 e. The van der Waals surface area contributed by atoms with E-state index in [0.29, 0.717) is 26.2 Å². The van der Waals surface area contributed by atoms with Crippen molar-refractivity contribution >= 4 is 44.2 Å². The SMILES string of the molecule is CSC(=Nc1cc(Cl)c(-c2ccc(S(=O)(=O)N3CCN(C)CC3)cc2)c(C(F)(F)F)c1)NC#N. The maximum absolute atomic E-state index is 13.9. The predicted octanol–water partition coefficient (Wildman–Crippen LogP) is 4.38. The van der Waals surface area contributed by atoms with E-state index in [0.717, 1.165) is 17.8 Å². The predicted molar refractivity (Wildman–Crippen MR) is 128 cm³/mol. The van der Waals surface area contributed by atoms with Crippen molar-refractivity contribution in [2.45, 2.75) is 11.1 Å². The van der Waals surface area contributed by atoms with Gasteiger partial charge in [-0.3, -0.25) is 5.32 Å². The number of sulfonamides is 1. The van der Waals surface area contributed by atoms with Crippen LogP contribution in [0.4, 0.5) is 18.9 Å². The van der Waals surface area contributed by atoms with Crippen LogP contribution in [-0.2, 0) is 16.2 Å². The van der Waals surface area contributed by atoms with E-state index in [9.17, 15) is 21.6 Å². The second-order valence-corrected chi connectivity index (χ2v) is 10.6. The Balaban J connectivity index is 2.02. The number of nitriles is 1. The normalized spacial score (nSPS) is 16.3. The molecular formula is C21H21ClF3N5O2S2. The van der Waals surface area contributed by atoms with E-state index >= 15 is 0 Å². The lowest BCUT2D eigenvalue weighted by atomic mass is 9.98. The minimum absolute atomic E-state index is 0.00102. The number of likely N-dealkylation sites (N-methyl/N-ethyl adjacent to an activating group) is 1. The van der Waals surface area contributed by atoms with Crippen molar-refractivity contribution < 1.29 is 21.6 Å². The second-order valence-electron chi connectivity index (χ2n) is 7.44. The highest BCUT2D eigenvalue weighted by molar-refractivity contribution is 8.13. The number of aliphatic imine (C=N–C) groups is 1. The molecule has 182 valence electrons. The summed E-state index contributed by atoms with van der Waals surface area (Å²) in [6.07, 6.45) is -1.47. The first-order valence-electron chi connectivity index (χ1n) is 9.95. The van der Waals surface area contributed by atoms with Crippen LogP contribution in [0.2, 0.25) is 5.02 Å². The van der Waals surface area contributed by atoms with Gasteiger partial charge < -0.3 is 4.90 Å². The first-order chi connectivity index (χ1) is 16.0. The van der Waals surface area contributed by atoms with Gasteiger partial charge in [0.15, 0.2) is 11.4 Å². The summed E-state index contributed by atoms with van der Waals surface area (Å²) in [5.41, 5.74) is -1.27. The molecule has 1 saturated heterocycles. The summed E-state index contributed by atoms with van der Waals surface area (Å²) >= 11 is 7.30. The van der Waals surface area contributed by atoms with Gasteiger partial charge in [0.25, 0.3) is 0 Å². The quantitative estimate of drug-likeness (QED) is 0.272. The van der Waals surface area contributed by atoms with Gasteiger partial charge in [-0.1, -0.05) is 35.5 Å². The Morgan fingerprint density at radius 2 is 1.79 bits per heavy atom. The zero-order valence-corrected chi connectivity index (χ0v) is 20.6. The number of hydrogen-bond acceptors (Lipinski definition) is 6. The lowest BCUT2D eigenvalue weighted by Gasteiger charge is -2.31. The van der Waals surface area contributed by atoms with Crippen molar-refractivity contribution in [3.63, 3.8) is 0 Å². The van der Waals surface area contributed by atoms with Crippen LogP contribution < -0.4 is 5.32 Å². The lowest BCUT2D eigenvalue weighted by molar-refractivity contribution is -0.137. The molecule has 0 radical (unpaired) electrons. The molecule has 0 aliphatic carbocycles. The summed E-state index contributed by atoms with van der Waals surface area (Å²) in [6, 6.07) is 7.30. The van der Waals surface area contributed by atoms with Crippen LogP contribution in [0.15, 0.2) is 46.3 Å². The molecule has 0 saturated carbocycles. The third-order valence-corrected chi connectivity index (χ3v) is 8.00. The molecular weight excluding hydrogens is 511 g/mol. The molecule has 2 aromatic carbocycles. The number of piperazine rings is 1. The molecule has 0 unspecified atom stereocenters. The Morgan fingerprint density at radius 3 is 2.32 bits per heavy atom. The van der Waals surface area contributed by atoms with Gasteiger partial charge in [-0.05, 0) is 43.1 Å². The van der Waals surface area contributed by atoms with Crippen molar-refractivity contribution in [3.05, 3.63) is 47.0 Å². The molecule has 2 aromatic rings. The Hall–Kier alpha value is -2.30. The monoisotopic (exact) mass is 531 g/mol. The number of halogens is 4. The fourth-order valence-electron chi connectivity index (χ4n) is 3.43. The summed E-state index contributed by atoms with van der Waals surface area (Å²) in [6.45, 7) is 1.87. The third kappa shape index (κ3) is 5.84. The van der Waals surface area contributed by atoms with Crippen LogP contribution in [0, 0.1) is 11.5 Å². The van der Waals surface area contributed by atoms with E-state index < -0.39 is 21.8 Å². The number of hydrogen-bond donors (Lipinski definition) is 1. The van der Waals surface area contributed by atoms with Gasteiger partial charge >= 0.3 is 6.18 Å². The molecule has 3 rings (SSSR count). The Labute approximate surface area is 205 Å². The van der Waals surface area contributed by atoms with Gasteiger partial charge in [-0.25, -0.2) is 13.4 Å². The van der Waals surface area contributed by atoms with Crippen molar-refractivity contribution in [3.8, 4) is 17.3 Å². The van der Waals surface area contributed by atoms with Gasteiger partial charge in [0.2, 0.25) is 10.0 Å². The van der Waals surface area contributed by atoms with Gasteiger partial charge in [-0.2, -0.15) is 22.7 Å². The molecule has 0 spiro atoms. The first kappa shape index (κ1) is 26.3. The van der Waals surface area contributed by atoms with Crippen molar-refractivity contribution in [2.24, 2.45) is 4.99 Å². The average Bonchev–Trinajstić information content (AvgIpc) is 2.78. The molecule has 7 nitrogen and oxygen atoms in total. The number of nitrogens with zero attached hydrogens (tertiary/aromatic N) is 4. The number of rotatable bonds is 4. The van der Waals surface area contributed by atoms with E-state index in [1.54, 1.807) is 12.4 Å². The molecule has 1 N–H and O–H groups in total. The molecule has 0 aromatic heterocycles. The topological polar surface area (TPSA) is 88.8 Å². The highest BCUT2D eigenvalue weighted by atomic mass is 35.5. The van der Waals surface area contributed by atoms with E-state index in [2.05, 4.69) is 10.3 Å². The summed E-state index contributed by atoms with van der Waals surface area (Å²) in [5.74, 6) is 0. The minimum atomic E-state index is -4.75. The molecule has 1 aliphatic rings. The van der Waals surface area contributed by atoms with Crippen LogP contribution in [0.3, 0.4) is 0 Å². The third-order valence-electron chi connectivity index (χ3n) is 5.21. The lowest BCUT2D eigenvalue weighted by Crippen LogP contribution is -2.46. The summed E-state index contributed by atoms with van der Waals surface area (Å²) in [7, 11) is -1.86. The highest BCUT2D eigenvalue weighted by Gasteiger charge is 2.36. The van der Waals surface area contributed by atoms with E-state index in [-0.39, 0.29) is 31.9 Å². The fourth-order valence-corrected chi connectivity index (χ4v) is 5.52. The Morgan fingerprint density at radius 1 is 1.18 bits per heavy atom. The number of thioether (sulfide) groups is 1. The summed E-state index contributed by atoms with van der Waals surface area (Å²) in [4.78, 5) is 6.03. The van der Waals surface area contributed by atoms with Crippen molar-refractivity contribution in [1.82, 2.24) is 14.5 Å². The second kappa shape index (κ2) is 10.5. The molecule has 13 heteroatoms. The molecule has 0 bridgehead atoms. The standard InChI is InChI=1S/C21H21ClF3N5O2S2/c1-29-7-9-30(10-8-29)34(31,32)16-5-3-14(4-6-16)19-17(21(23,24)25)11-15(12-18(19)22)28-20(33-2)27-13-26/h3-6,11-12H,7-10H2,1-2H3,(H,27,28). The molecule has 0 atom stereocenters. The van der Waals surface area contributed by atoms with Crippen LogP contribution in [0.5, 0.6) is 0 Å². The number of benzene rings is 2. The smallest absolute Gasteiger partial charge is 0.304 e. The summed E-state index contributed by atoms with van der Waals surface area (Å²) in [5, 5.41) is 10.9. The molecule has 1 fully saturated rings. The Kier molecular flexibility index (Phi) is 8.15. The molecule has 1 heterocycles. The highest BCUT2D eigenvalue weighted by Crippen LogP contribution is 2.43. The average molecular weight is 532 g/mol. The zero-order valence-electron chi connectivity index (χ0n) is 18.2. The van der Waals surface area contributed by atoms with E-state index in [1.807, 2.05) is 11.9 Å². The first-order valence-corrected chi connectivity index (χ1v) is 13.0. The van der Waals surface area contributed by atoms with Crippen LogP contribution in [0.25, 0.3) is 11.1 Å². The fraction of sp³-hybridized carbons (Fsp3) is 0.333. The van der Waals surface area contributed by atoms with Crippen molar-refractivity contribution in [1.29, 1.82) is 5.26 Å². The van der Waals surface area contributed by atoms with E-state index in [1.165, 1.54) is 34.6 Å². The summed E-state index contributed by atoms with van der Waals surface area (Å²) < 4.78 is 69.0. The van der Waals surface area contributed by atoms with Crippen LogP contribution >= 0.6 is 23.4 Å².